The minimum absolute atomic E-state index is 0.0163. The predicted molar refractivity (Wildman–Crippen MR) is 117 cm³/mol. The zero-order valence-corrected chi connectivity index (χ0v) is 17.7. The third kappa shape index (κ3) is 4.46. The van der Waals surface area contributed by atoms with Crippen molar-refractivity contribution in [3.63, 3.8) is 0 Å². The number of aryl methyl sites for hydroxylation is 1. The van der Waals surface area contributed by atoms with Gasteiger partial charge in [-0.25, -0.2) is 14.4 Å². The van der Waals surface area contributed by atoms with E-state index >= 15 is 0 Å². The first-order valence-corrected chi connectivity index (χ1v) is 11.0. The second kappa shape index (κ2) is 8.38. The van der Waals surface area contributed by atoms with Gasteiger partial charge in [-0.3, -0.25) is 9.69 Å². The number of alkyl halides is 1. The number of hydrogen-bond acceptors (Lipinski definition) is 5. The SMILES string of the molecule is Cc1ncc(-c2ccc3cnc(NC(=O)C4CCC(CN5CC(F)C5)CC4)cc3c2)o1. The van der Waals surface area contributed by atoms with Crippen LogP contribution in [-0.4, -0.2) is 46.6 Å². The summed E-state index contributed by atoms with van der Waals surface area (Å²) >= 11 is 0. The standard InChI is InChI=1S/C24H27FN4O2/c1-15-26-11-22(31-15)18-6-7-19-10-27-23(9-20(19)8-18)28-24(30)17-4-2-16(3-5-17)12-29-13-21(25)14-29/h6-11,16-17,21H,2-5,12-14H2,1H3,(H,27,28,30). The van der Waals surface area contributed by atoms with Crippen LogP contribution in [0.3, 0.4) is 0 Å². The summed E-state index contributed by atoms with van der Waals surface area (Å²) in [5.74, 6) is 2.55. The summed E-state index contributed by atoms with van der Waals surface area (Å²) in [5.41, 5.74) is 0.941. The first-order valence-electron chi connectivity index (χ1n) is 11.0. The third-order valence-electron chi connectivity index (χ3n) is 6.53. The van der Waals surface area contributed by atoms with E-state index in [0.717, 1.165) is 54.3 Å². The molecule has 0 radical (unpaired) electrons. The number of fused-ring (bicyclic) bond motifs is 1. The second-order valence-corrected chi connectivity index (χ2v) is 8.90. The number of pyridine rings is 1. The third-order valence-corrected chi connectivity index (χ3v) is 6.53. The van der Waals surface area contributed by atoms with Gasteiger partial charge in [0, 0.05) is 49.6 Å². The zero-order valence-electron chi connectivity index (χ0n) is 17.7. The van der Waals surface area contributed by atoms with Gasteiger partial charge < -0.3 is 9.73 Å². The first-order chi connectivity index (χ1) is 15.0. The average Bonchev–Trinajstić information content (AvgIpc) is 3.19. The Morgan fingerprint density at radius 3 is 2.65 bits per heavy atom. The molecule has 2 fully saturated rings. The Morgan fingerprint density at radius 1 is 1.13 bits per heavy atom. The van der Waals surface area contributed by atoms with Crippen LogP contribution in [0.5, 0.6) is 0 Å². The summed E-state index contributed by atoms with van der Waals surface area (Å²) in [6, 6.07) is 7.90. The van der Waals surface area contributed by atoms with Gasteiger partial charge in [0.05, 0.1) is 6.20 Å². The highest BCUT2D eigenvalue weighted by molar-refractivity contribution is 5.94. The number of oxazole rings is 1. The fraction of sp³-hybridized carbons (Fsp3) is 0.458. The van der Waals surface area contributed by atoms with Crippen LogP contribution >= 0.6 is 0 Å². The molecule has 1 aromatic carbocycles. The van der Waals surface area contributed by atoms with Crippen LogP contribution in [0.15, 0.2) is 41.1 Å². The number of likely N-dealkylation sites (tertiary alicyclic amines) is 1. The average molecular weight is 423 g/mol. The molecule has 5 rings (SSSR count). The largest absolute Gasteiger partial charge is 0.441 e. The van der Waals surface area contributed by atoms with Crippen molar-refractivity contribution >= 4 is 22.5 Å². The minimum atomic E-state index is -0.646. The summed E-state index contributed by atoms with van der Waals surface area (Å²) in [7, 11) is 0. The number of nitrogens with one attached hydrogen (secondary N) is 1. The van der Waals surface area contributed by atoms with Crippen molar-refractivity contribution in [2.75, 3.05) is 25.0 Å². The molecule has 1 saturated heterocycles. The van der Waals surface area contributed by atoms with Crippen LogP contribution in [0, 0.1) is 18.8 Å². The molecule has 3 aromatic rings. The van der Waals surface area contributed by atoms with Gasteiger partial charge in [0.1, 0.15) is 12.0 Å². The van der Waals surface area contributed by atoms with Crippen molar-refractivity contribution in [1.29, 1.82) is 0 Å². The summed E-state index contributed by atoms with van der Waals surface area (Å²) in [6.45, 7) is 3.94. The molecule has 2 aromatic heterocycles. The number of halogens is 1. The number of anilines is 1. The van der Waals surface area contributed by atoms with E-state index < -0.39 is 6.17 Å². The molecule has 1 aliphatic heterocycles. The molecule has 162 valence electrons. The summed E-state index contributed by atoms with van der Waals surface area (Å²) < 4.78 is 18.6. The van der Waals surface area contributed by atoms with Gasteiger partial charge in [0.15, 0.2) is 11.7 Å². The van der Waals surface area contributed by atoms with Crippen molar-refractivity contribution in [2.24, 2.45) is 11.8 Å². The molecule has 1 N–H and O–H groups in total. The summed E-state index contributed by atoms with van der Waals surface area (Å²) in [4.78, 5) is 23.6. The van der Waals surface area contributed by atoms with Gasteiger partial charge in [-0.05, 0) is 49.1 Å². The van der Waals surface area contributed by atoms with Crippen molar-refractivity contribution in [1.82, 2.24) is 14.9 Å². The second-order valence-electron chi connectivity index (χ2n) is 8.90. The lowest BCUT2D eigenvalue weighted by atomic mass is 9.81. The van der Waals surface area contributed by atoms with Gasteiger partial charge in [-0.1, -0.05) is 12.1 Å². The monoisotopic (exact) mass is 422 g/mol. The van der Waals surface area contributed by atoms with Crippen LogP contribution in [0.1, 0.15) is 31.6 Å². The number of aromatic nitrogens is 2. The van der Waals surface area contributed by atoms with Gasteiger partial charge >= 0.3 is 0 Å². The first kappa shape index (κ1) is 20.1. The van der Waals surface area contributed by atoms with Gasteiger partial charge in [0.2, 0.25) is 5.91 Å². The minimum Gasteiger partial charge on any atom is -0.441 e. The van der Waals surface area contributed by atoms with Gasteiger partial charge in [-0.2, -0.15) is 0 Å². The number of carbonyl (C=O) groups excluding carboxylic acids is 1. The van der Waals surface area contributed by atoms with E-state index in [4.69, 9.17) is 4.42 Å². The molecule has 31 heavy (non-hydrogen) atoms. The number of nitrogens with zero attached hydrogens (tertiary/aromatic N) is 3. The van der Waals surface area contributed by atoms with E-state index in [-0.39, 0.29) is 11.8 Å². The summed E-state index contributed by atoms with van der Waals surface area (Å²) in [6.07, 6.45) is 6.66. The molecule has 2 aliphatic rings. The van der Waals surface area contributed by atoms with Crippen LogP contribution in [0.4, 0.5) is 10.2 Å². The molecule has 0 atom stereocenters. The summed E-state index contributed by atoms with van der Waals surface area (Å²) in [5, 5.41) is 4.99. The Bertz CT molecular complexity index is 1080. The van der Waals surface area contributed by atoms with Crippen LogP contribution < -0.4 is 5.32 Å². The molecular formula is C24H27FN4O2. The van der Waals surface area contributed by atoms with Crippen molar-refractivity contribution in [3.05, 3.63) is 42.5 Å². The number of amides is 1. The Labute approximate surface area is 180 Å². The number of rotatable bonds is 5. The topological polar surface area (TPSA) is 71.3 Å². The van der Waals surface area contributed by atoms with E-state index in [1.807, 2.05) is 31.2 Å². The Kier molecular flexibility index (Phi) is 5.44. The Hall–Kier alpha value is -2.80. The lowest BCUT2D eigenvalue weighted by molar-refractivity contribution is -0.121. The molecule has 1 aliphatic carbocycles. The molecule has 1 saturated carbocycles. The van der Waals surface area contributed by atoms with E-state index in [0.29, 0.717) is 30.7 Å². The maximum atomic E-state index is 13.0. The van der Waals surface area contributed by atoms with E-state index in [1.54, 1.807) is 12.4 Å². The van der Waals surface area contributed by atoms with Crippen molar-refractivity contribution in [2.45, 2.75) is 38.8 Å². The molecule has 0 spiro atoms. The van der Waals surface area contributed by atoms with E-state index in [9.17, 15) is 9.18 Å². The van der Waals surface area contributed by atoms with Crippen LogP contribution in [-0.2, 0) is 4.79 Å². The molecular weight excluding hydrogens is 395 g/mol. The molecule has 0 bridgehead atoms. The fourth-order valence-corrected chi connectivity index (χ4v) is 4.71. The van der Waals surface area contributed by atoms with Crippen molar-refractivity contribution in [3.8, 4) is 11.3 Å². The number of carbonyl (C=O) groups is 1. The quantitative estimate of drug-likeness (QED) is 0.651. The van der Waals surface area contributed by atoms with Gasteiger partial charge in [-0.15, -0.1) is 0 Å². The molecule has 7 heteroatoms. The van der Waals surface area contributed by atoms with Crippen LogP contribution in [0.2, 0.25) is 0 Å². The normalized spacial score (nSPS) is 22.4. The lowest BCUT2D eigenvalue weighted by Gasteiger charge is -2.38. The molecule has 6 nitrogen and oxygen atoms in total. The highest BCUT2D eigenvalue weighted by Gasteiger charge is 2.31. The zero-order chi connectivity index (χ0) is 21.4. The van der Waals surface area contributed by atoms with E-state index in [1.165, 1.54) is 0 Å². The number of hydrogen-bond donors (Lipinski definition) is 1. The maximum absolute atomic E-state index is 13.0. The van der Waals surface area contributed by atoms with Crippen LogP contribution in [0.25, 0.3) is 22.1 Å². The smallest absolute Gasteiger partial charge is 0.228 e. The van der Waals surface area contributed by atoms with E-state index in [2.05, 4.69) is 20.2 Å². The van der Waals surface area contributed by atoms with Crippen molar-refractivity contribution < 1.29 is 13.6 Å². The molecule has 1 amide bonds. The fourth-order valence-electron chi connectivity index (χ4n) is 4.71. The molecule has 0 unspecified atom stereocenters. The maximum Gasteiger partial charge on any atom is 0.228 e. The number of benzene rings is 1. The Morgan fingerprint density at radius 2 is 1.94 bits per heavy atom. The lowest BCUT2D eigenvalue weighted by Crippen LogP contribution is -2.50. The van der Waals surface area contributed by atoms with Gasteiger partial charge in [0.25, 0.3) is 0 Å². The highest BCUT2D eigenvalue weighted by atomic mass is 19.1. The molecule has 3 heterocycles. The Balaban J connectivity index is 1.21. The predicted octanol–water partition coefficient (Wildman–Crippen LogP) is 4.60. The highest BCUT2D eigenvalue weighted by Crippen LogP contribution is 2.32.